The van der Waals surface area contributed by atoms with Gasteiger partial charge in [-0.05, 0) is 47.6 Å². The van der Waals surface area contributed by atoms with Crippen LogP contribution in [0, 0.1) is 0 Å². The number of hydrogen-bond donors (Lipinski definition) is 1. The highest BCUT2D eigenvalue weighted by Crippen LogP contribution is 2.26. The average Bonchev–Trinajstić information content (AvgIpc) is 3.37. The van der Waals surface area contributed by atoms with Crippen LogP contribution >= 0.6 is 0 Å². The Hall–Kier alpha value is -4.02. The maximum atomic E-state index is 12.9. The number of carbonyl (C=O) groups is 2. The molecule has 2 unspecified atom stereocenters. The van der Waals surface area contributed by atoms with Crippen LogP contribution in [-0.2, 0) is 18.9 Å². The van der Waals surface area contributed by atoms with Gasteiger partial charge in [-0.25, -0.2) is 14.3 Å². The summed E-state index contributed by atoms with van der Waals surface area (Å²) in [5.74, 6) is -0.227. The first kappa shape index (κ1) is 28.5. The van der Waals surface area contributed by atoms with Crippen molar-refractivity contribution >= 4 is 18.1 Å². The predicted molar refractivity (Wildman–Crippen MR) is 141 cm³/mol. The molecule has 1 N–H and O–H groups in total. The van der Waals surface area contributed by atoms with Crippen molar-refractivity contribution < 1.29 is 28.5 Å². The first-order valence-electron chi connectivity index (χ1n) is 12.1. The minimum Gasteiger partial charge on any atom is -0.415 e. The molecule has 202 valence electrons. The Labute approximate surface area is 222 Å². The molecule has 0 aliphatic carbocycles. The van der Waals surface area contributed by atoms with E-state index in [9.17, 15) is 9.59 Å². The van der Waals surface area contributed by atoms with Gasteiger partial charge in [-0.15, -0.1) is 4.99 Å². The summed E-state index contributed by atoms with van der Waals surface area (Å²) in [4.78, 5) is 29.7. The van der Waals surface area contributed by atoms with Gasteiger partial charge >= 0.3 is 12.2 Å². The number of aromatic nitrogens is 2. The van der Waals surface area contributed by atoms with E-state index in [1.54, 1.807) is 42.5 Å². The summed E-state index contributed by atoms with van der Waals surface area (Å²) >= 11 is 0. The van der Waals surface area contributed by atoms with Crippen LogP contribution in [0.25, 0.3) is 0 Å². The topological polar surface area (TPSA) is 113 Å². The van der Waals surface area contributed by atoms with Crippen LogP contribution in [0.1, 0.15) is 65.2 Å². The molecule has 3 rings (SSSR count). The third-order valence-electron chi connectivity index (χ3n) is 4.62. The Morgan fingerprint density at radius 3 is 1.74 bits per heavy atom. The van der Waals surface area contributed by atoms with Gasteiger partial charge in [0.15, 0.2) is 0 Å². The second-order valence-corrected chi connectivity index (χ2v) is 10.2. The Bertz CT molecular complexity index is 1200. The summed E-state index contributed by atoms with van der Waals surface area (Å²) in [7, 11) is 0. The summed E-state index contributed by atoms with van der Waals surface area (Å²) in [6.07, 6.45) is -0.966. The van der Waals surface area contributed by atoms with Gasteiger partial charge in [-0.3, -0.25) is 5.32 Å². The number of nitrogens with zero attached hydrogens (tertiary/aromatic N) is 3. The molecule has 0 saturated carbocycles. The van der Waals surface area contributed by atoms with Gasteiger partial charge in [0.05, 0.1) is 11.2 Å². The minimum atomic E-state index is -1.03. The van der Waals surface area contributed by atoms with E-state index in [1.165, 1.54) is 17.1 Å². The van der Waals surface area contributed by atoms with E-state index in [0.717, 1.165) is 0 Å². The molecule has 10 nitrogen and oxygen atoms in total. The minimum absolute atomic E-state index is 0.227. The molecule has 2 amide bonds. The van der Waals surface area contributed by atoms with E-state index in [4.69, 9.17) is 18.9 Å². The van der Waals surface area contributed by atoms with Crippen LogP contribution in [0.15, 0.2) is 84.1 Å². The molecule has 0 aliphatic heterocycles. The highest BCUT2D eigenvalue weighted by atomic mass is 16.7. The van der Waals surface area contributed by atoms with Gasteiger partial charge in [-0.2, -0.15) is 5.10 Å². The lowest BCUT2D eigenvalue weighted by atomic mass is 10.1. The first-order valence-corrected chi connectivity index (χ1v) is 12.1. The predicted octanol–water partition coefficient (Wildman–Crippen LogP) is 5.98. The zero-order valence-corrected chi connectivity index (χ0v) is 22.5. The summed E-state index contributed by atoms with van der Waals surface area (Å²) in [5, 5.41) is 6.53. The van der Waals surface area contributed by atoms with Crippen molar-refractivity contribution in [1.29, 1.82) is 0 Å². The summed E-state index contributed by atoms with van der Waals surface area (Å²) < 4.78 is 24.2. The summed E-state index contributed by atoms with van der Waals surface area (Å²) in [6, 6.07) is 19.6. The Morgan fingerprint density at radius 1 is 0.789 bits per heavy atom. The molecule has 0 radical (unpaired) electrons. The van der Waals surface area contributed by atoms with Gasteiger partial charge in [0.1, 0.15) is 0 Å². The number of alkyl carbamates (subject to hydrolysis) is 1. The van der Waals surface area contributed by atoms with Crippen LogP contribution < -0.4 is 5.32 Å². The molecule has 38 heavy (non-hydrogen) atoms. The molecule has 0 aliphatic rings. The Kier molecular flexibility index (Phi) is 9.38. The van der Waals surface area contributed by atoms with Gasteiger partial charge in [0, 0.05) is 23.5 Å². The van der Waals surface area contributed by atoms with Crippen LogP contribution in [0.2, 0.25) is 0 Å². The highest BCUT2D eigenvalue weighted by molar-refractivity contribution is 5.99. The van der Waals surface area contributed by atoms with Crippen molar-refractivity contribution in [1.82, 2.24) is 15.1 Å². The molecule has 0 bridgehead atoms. The van der Waals surface area contributed by atoms with Crippen molar-refractivity contribution in [3.05, 3.63) is 90.3 Å². The van der Waals surface area contributed by atoms with E-state index in [-0.39, 0.29) is 5.96 Å². The van der Waals surface area contributed by atoms with E-state index in [1.807, 2.05) is 65.8 Å². The molecule has 10 heteroatoms. The van der Waals surface area contributed by atoms with Gasteiger partial charge in [0.2, 0.25) is 18.5 Å². The number of amides is 2. The third-order valence-corrected chi connectivity index (χ3v) is 4.62. The average molecular weight is 523 g/mol. The quantitative estimate of drug-likeness (QED) is 0.241. The van der Waals surface area contributed by atoms with E-state index < -0.39 is 36.0 Å². The number of nitrogens with one attached hydrogen (secondary N) is 1. The van der Waals surface area contributed by atoms with Crippen molar-refractivity contribution in [3.8, 4) is 0 Å². The largest absolute Gasteiger partial charge is 0.439 e. The zero-order valence-electron chi connectivity index (χ0n) is 22.5. The lowest BCUT2D eigenvalue weighted by Crippen LogP contribution is -2.39. The Morgan fingerprint density at radius 2 is 1.29 bits per heavy atom. The molecule has 0 saturated heterocycles. The number of benzene rings is 2. The standard InChI is InChI=1S/C28H34N4O6/c1-27(2,3)37-22(20-14-9-7-10-15-20)35-25(33)30-24(32-19-13-18-29-32)31-26(34)36-23(38-28(4,5)6)21-16-11-8-12-17-21/h7-19,22-23H,1-6H3,(H,30,31,33,34). The maximum Gasteiger partial charge on any atom is 0.439 e. The fraction of sp³-hybridized carbons (Fsp3) is 0.357. The number of hydrogen-bond acceptors (Lipinski definition) is 7. The van der Waals surface area contributed by atoms with E-state index in [0.29, 0.717) is 11.1 Å². The second kappa shape index (κ2) is 12.5. The molecule has 1 heterocycles. The third kappa shape index (κ3) is 9.45. The zero-order chi connectivity index (χ0) is 27.8. The van der Waals surface area contributed by atoms with Crippen molar-refractivity contribution in [2.45, 2.75) is 65.3 Å². The first-order chi connectivity index (χ1) is 17.9. The molecular weight excluding hydrogens is 488 g/mol. The summed E-state index contributed by atoms with van der Waals surface area (Å²) in [5.41, 5.74) is 0.0449. The number of rotatable bonds is 6. The molecule has 1 aromatic heterocycles. The monoisotopic (exact) mass is 522 g/mol. The van der Waals surface area contributed by atoms with Gasteiger partial charge < -0.3 is 18.9 Å². The van der Waals surface area contributed by atoms with Gasteiger partial charge in [0.25, 0.3) is 0 Å². The molecule has 3 aromatic rings. The van der Waals surface area contributed by atoms with Crippen LogP contribution in [0.4, 0.5) is 9.59 Å². The van der Waals surface area contributed by atoms with Crippen LogP contribution in [0.3, 0.4) is 0 Å². The molecule has 0 spiro atoms. The van der Waals surface area contributed by atoms with E-state index >= 15 is 0 Å². The second-order valence-electron chi connectivity index (χ2n) is 10.2. The van der Waals surface area contributed by atoms with Crippen LogP contribution in [0.5, 0.6) is 0 Å². The summed E-state index contributed by atoms with van der Waals surface area (Å²) in [6.45, 7) is 11.1. The number of aliphatic imine (C=N–C) groups is 1. The fourth-order valence-electron chi connectivity index (χ4n) is 3.14. The Balaban J connectivity index is 1.81. The maximum absolute atomic E-state index is 12.9. The molecule has 0 fully saturated rings. The smallest absolute Gasteiger partial charge is 0.415 e. The van der Waals surface area contributed by atoms with E-state index in [2.05, 4.69) is 15.4 Å². The van der Waals surface area contributed by atoms with Crippen LogP contribution in [-0.4, -0.2) is 39.1 Å². The lowest BCUT2D eigenvalue weighted by molar-refractivity contribution is -0.169. The lowest BCUT2D eigenvalue weighted by Gasteiger charge is -2.27. The molecule has 2 aromatic carbocycles. The SMILES string of the molecule is CC(C)(C)OC(OC(=O)N=C(NC(=O)OC(OC(C)(C)C)c1ccccc1)n1cccn1)c1ccccc1. The molecule has 2 atom stereocenters. The van der Waals surface area contributed by atoms with Crippen molar-refractivity contribution in [2.24, 2.45) is 4.99 Å². The fourth-order valence-corrected chi connectivity index (χ4v) is 3.14. The molecular formula is C28H34N4O6. The number of carbonyl (C=O) groups excluding carboxylic acids is 2. The van der Waals surface area contributed by atoms with Crippen molar-refractivity contribution in [3.63, 3.8) is 0 Å². The van der Waals surface area contributed by atoms with Gasteiger partial charge in [-0.1, -0.05) is 60.7 Å². The normalized spacial score (nSPS) is 13.9. The highest BCUT2D eigenvalue weighted by Gasteiger charge is 2.27. The van der Waals surface area contributed by atoms with Crippen molar-refractivity contribution in [2.75, 3.05) is 0 Å². The number of ether oxygens (including phenoxy) is 4.